The Morgan fingerprint density at radius 3 is 2.71 bits per heavy atom. The van der Waals surface area contributed by atoms with Crippen molar-refractivity contribution >= 4 is 17.4 Å². The molecule has 0 saturated carbocycles. The van der Waals surface area contributed by atoms with E-state index in [0.717, 1.165) is 34.5 Å². The van der Waals surface area contributed by atoms with Crippen LogP contribution in [0.4, 0.5) is 5.69 Å². The second-order valence-electron chi connectivity index (χ2n) is 6.84. The minimum absolute atomic E-state index is 0.00520. The fourth-order valence-electron chi connectivity index (χ4n) is 3.36. The molecular weight excluding hydrogens is 348 g/mol. The lowest BCUT2D eigenvalue weighted by molar-refractivity contribution is -0.117. The van der Waals surface area contributed by atoms with Crippen LogP contribution in [0.3, 0.4) is 0 Å². The number of hydrogen-bond donors (Lipinski definition) is 1. The molecule has 1 atom stereocenters. The molecule has 4 rings (SSSR count). The van der Waals surface area contributed by atoms with Crippen LogP contribution in [0.2, 0.25) is 0 Å². The highest BCUT2D eigenvalue weighted by molar-refractivity contribution is 5.97. The maximum atomic E-state index is 12.9. The number of aryl methyl sites for hydroxylation is 1. The molecule has 1 N–H and O–H groups in total. The number of carbonyl (C=O) groups is 1. The van der Waals surface area contributed by atoms with Crippen molar-refractivity contribution in [3.05, 3.63) is 84.3 Å². The summed E-state index contributed by atoms with van der Waals surface area (Å²) in [5, 5.41) is 3.11. The Morgan fingerprint density at radius 1 is 1.14 bits per heavy atom. The van der Waals surface area contributed by atoms with Crippen molar-refractivity contribution < 1.29 is 4.79 Å². The van der Waals surface area contributed by atoms with Crippen molar-refractivity contribution in [3.63, 3.8) is 0 Å². The van der Waals surface area contributed by atoms with Gasteiger partial charge < -0.3 is 5.32 Å². The highest BCUT2D eigenvalue weighted by atomic mass is 16.1. The number of hydrogen-bond acceptors (Lipinski definition) is 3. The van der Waals surface area contributed by atoms with Gasteiger partial charge in [0.25, 0.3) is 0 Å². The molecule has 5 nitrogen and oxygen atoms in total. The second kappa shape index (κ2) is 7.64. The Morgan fingerprint density at radius 2 is 1.96 bits per heavy atom. The van der Waals surface area contributed by atoms with E-state index >= 15 is 0 Å². The molecule has 2 aromatic heterocycles. The van der Waals surface area contributed by atoms with Crippen molar-refractivity contribution in [1.29, 1.82) is 0 Å². The van der Waals surface area contributed by atoms with Gasteiger partial charge in [0.2, 0.25) is 11.7 Å². The lowest BCUT2D eigenvalue weighted by Gasteiger charge is -2.17. The molecule has 0 aliphatic rings. The van der Waals surface area contributed by atoms with E-state index in [9.17, 15) is 4.79 Å². The molecule has 0 fully saturated rings. The topological polar surface area (TPSA) is 59.3 Å². The molecule has 1 amide bonds. The normalized spacial score (nSPS) is 12.1. The van der Waals surface area contributed by atoms with Gasteiger partial charge in [-0.2, -0.15) is 0 Å². The largest absolute Gasteiger partial charge is 0.325 e. The number of carbonyl (C=O) groups excluding carboxylic acids is 1. The SMILES string of the molecule is CC[C@@H](C(=O)Nc1cc(-c2cn3cccnc3n2)ccc1C)c1ccccc1. The van der Waals surface area contributed by atoms with Gasteiger partial charge >= 0.3 is 0 Å². The van der Waals surface area contributed by atoms with E-state index in [4.69, 9.17) is 0 Å². The third-order valence-electron chi connectivity index (χ3n) is 4.95. The van der Waals surface area contributed by atoms with Gasteiger partial charge in [-0.3, -0.25) is 9.20 Å². The average Bonchev–Trinajstić information content (AvgIpc) is 3.15. The Labute approximate surface area is 164 Å². The summed E-state index contributed by atoms with van der Waals surface area (Å²) in [5.74, 6) is 0.480. The highest BCUT2D eigenvalue weighted by Gasteiger charge is 2.19. The Hall–Kier alpha value is -3.47. The van der Waals surface area contributed by atoms with Crippen molar-refractivity contribution in [1.82, 2.24) is 14.4 Å². The van der Waals surface area contributed by atoms with Crippen LogP contribution in [-0.2, 0) is 4.79 Å². The molecule has 28 heavy (non-hydrogen) atoms. The van der Waals surface area contributed by atoms with E-state index in [1.807, 2.05) is 85.2 Å². The fourth-order valence-corrected chi connectivity index (χ4v) is 3.36. The van der Waals surface area contributed by atoms with Crippen LogP contribution in [0.1, 0.15) is 30.4 Å². The van der Waals surface area contributed by atoms with Crippen molar-refractivity contribution in [2.75, 3.05) is 5.32 Å². The van der Waals surface area contributed by atoms with E-state index in [2.05, 4.69) is 15.3 Å². The number of nitrogens with zero attached hydrogens (tertiary/aromatic N) is 3. The number of nitrogens with one attached hydrogen (secondary N) is 1. The first-order valence-electron chi connectivity index (χ1n) is 9.42. The molecular formula is C23H22N4O. The maximum absolute atomic E-state index is 12.9. The molecule has 5 heteroatoms. The molecule has 0 radical (unpaired) electrons. The maximum Gasteiger partial charge on any atom is 0.234 e. The van der Waals surface area contributed by atoms with Gasteiger partial charge in [-0.15, -0.1) is 0 Å². The first-order valence-corrected chi connectivity index (χ1v) is 9.42. The monoisotopic (exact) mass is 370 g/mol. The van der Waals surface area contributed by atoms with Crippen LogP contribution >= 0.6 is 0 Å². The molecule has 140 valence electrons. The number of rotatable bonds is 5. The van der Waals surface area contributed by atoms with Crippen LogP contribution < -0.4 is 5.32 Å². The molecule has 0 saturated heterocycles. The lowest BCUT2D eigenvalue weighted by atomic mass is 9.95. The molecule has 0 spiro atoms. The minimum Gasteiger partial charge on any atom is -0.325 e. The first-order chi connectivity index (χ1) is 13.7. The van der Waals surface area contributed by atoms with Gasteiger partial charge in [-0.05, 0) is 36.6 Å². The molecule has 2 heterocycles. The summed E-state index contributed by atoms with van der Waals surface area (Å²) in [5.41, 5.74) is 4.62. The smallest absolute Gasteiger partial charge is 0.234 e. The Bertz CT molecular complexity index is 1080. The van der Waals surface area contributed by atoms with Gasteiger partial charge in [0.15, 0.2) is 0 Å². The Kier molecular flexibility index (Phi) is 4.89. The lowest BCUT2D eigenvalue weighted by Crippen LogP contribution is -2.21. The van der Waals surface area contributed by atoms with E-state index in [-0.39, 0.29) is 11.8 Å². The predicted octanol–water partition coefficient (Wildman–Crippen LogP) is 4.84. The summed E-state index contributed by atoms with van der Waals surface area (Å²) in [6.45, 7) is 4.03. The second-order valence-corrected chi connectivity index (χ2v) is 6.84. The third-order valence-corrected chi connectivity index (χ3v) is 4.95. The van der Waals surface area contributed by atoms with E-state index < -0.39 is 0 Å². The number of aromatic nitrogens is 3. The van der Waals surface area contributed by atoms with Crippen LogP contribution in [0, 0.1) is 6.92 Å². The fraction of sp³-hybridized carbons (Fsp3) is 0.174. The summed E-state index contributed by atoms with van der Waals surface area (Å²) in [7, 11) is 0. The van der Waals surface area contributed by atoms with Gasteiger partial charge in [-0.1, -0.05) is 49.4 Å². The molecule has 0 unspecified atom stereocenters. The number of imidazole rings is 1. The van der Waals surface area contributed by atoms with Crippen molar-refractivity contribution in [3.8, 4) is 11.3 Å². The number of fused-ring (bicyclic) bond motifs is 1. The van der Waals surface area contributed by atoms with Crippen LogP contribution in [0.25, 0.3) is 17.0 Å². The van der Waals surface area contributed by atoms with Gasteiger partial charge in [0.1, 0.15) is 0 Å². The van der Waals surface area contributed by atoms with Crippen molar-refractivity contribution in [2.45, 2.75) is 26.2 Å². The van der Waals surface area contributed by atoms with E-state index in [1.165, 1.54) is 0 Å². The highest BCUT2D eigenvalue weighted by Crippen LogP contribution is 2.27. The van der Waals surface area contributed by atoms with Gasteiger partial charge in [-0.25, -0.2) is 9.97 Å². The van der Waals surface area contributed by atoms with Gasteiger partial charge in [0, 0.05) is 29.8 Å². The molecule has 2 aromatic carbocycles. The van der Waals surface area contributed by atoms with Crippen LogP contribution in [0.5, 0.6) is 0 Å². The summed E-state index contributed by atoms with van der Waals surface area (Å²) in [4.78, 5) is 21.8. The van der Waals surface area contributed by atoms with Crippen LogP contribution in [0.15, 0.2) is 73.2 Å². The standard InChI is InChI=1S/C23H22N4O/c1-3-19(17-8-5-4-6-9-17)22(28)25-20-14-18(11-10-16(20)2)21-15-27-13-7-12-24-23(27)26-21/h4-15,19H,3H2,1-2H3,(H,25,28)/t19-/m1/s1. The zero-order chi connectivity index (χ0) is 19.5. The summed E-state index contributed by atoms with van der Waals surface area (Å²) >= 11 is 0. The zero-order valence-corrected chi connectivity index (χ0v) is 16.0. The average molecular weight is 370 g/mol. The van der Waals surface area contributed by atoms with Crippen molar-refractivity contribution in [2.24, 2.45) is 0 Å². The molecule has 4 aromatic rings. The molecule has 0 aliphatic heterocycles. The summed E-state index contributed by atoms with van der Waals surface area (Å²) in [6, 6.07) is 17.8. The molecule has 0 aliphatic carbocycles. The summed E-state index contributed by atoms with van der Waals surface area (Å²) < 4.78 is 1.88. The number of amides is 1. The molecule has 0 bridgehead atoms. The van der Waals surface area contributed by atoms with Gasteiger partial charge in [0.05, 0.1) is 11.6 Å². The van der Waals surface area contributed by atoms with E-state index in [0.29, 0.717) is 5.78 Å². The quantitative estimate of drug-likeness (QED) is 0.547. The number of benzene rings is 2. The zero-order valence-electron chi connectivity index (χ0n) is 16.0. The summed E-state index contributed by atoms with van der Waals surface area (Å²) in [6.07, 6.45) is 6.33. The Balaban J connectivity index is 1.63. The minimum atomic E-state index is -0.177. The van der Waals surface area contributed by atoms with Crippen LogP contribution in [-0.4, -0.2) is 20.3 Å². The number of anilines is 1. The first kappa shape index (κ1) is 17.9. The third kappa shape index (κ3) is 3.51. The van der Waals surface area contributed by atoms with E-state index in [1.54, 1.807) is 6.20 Å². The predicted molar refractivity (Wildman–Crippen MR) is 111 cm³/mol.